The zero-order chi connectivity index (χ0) is 12.4. The maximum absolute atomic E-state index is 12.9. The van der Waals surface area contributed by atoms with Crippen LogP contribution in [0.25, 0.3) is 0 Å². The molecule has 1 aromatic rings. The summed E-state index contributed by atoms with van der Waals surface area (Å²) in [6, 6.07) is 7.78. The number of nitrogens with one attached hydrogen (secondary N) is 1. The third-order valence-corrected chi connectivity index (χ3v) is 3.67. The van der Waals surface area contributed by atoms with Gasteiger partial charge in [0.1, 0.15) is 5.82 Å². The monoisotopic (exact) mass is 235 g/mol. The number of hydrogen-bond acceptors (Lipinski definition) is 1. The first-order valence-corrected chi connectivity index (χ1v) is 6.59. The summed E-state index contributed by atoms with van der Waals surface area (Å²) >= 11 is 0. The molecule has 0 aromatic heterocycles. The summed E-state index contributed by atoms with van der Waals surface area (Å²) in [5.74, 6) is 1.20. The second-order valence-electron chi connectivity index (χ2n) is 5.57. The minimum absolute atomic E-state index is 0.161. The SMILES string of the molecule is CC(C)C(NC(C)C1CC1)c1ccc(F)cc1. The van der Waals surface area contributed by atoms with E-state index in [0.717, 1.165) is 5.92 Å². The molecule has 0 bridgehead atoms. The van der Waals surface area contributed by atoms with E-state index in [0.29, 0.717) is 18.0 Å². The molecule has 0 aliphatic heterocycles. The van der Waals surface area contributed by atoms with Crippen LogP contribution in [0.4, 0.5) is 4.39 Å². The first kappa shape index (κ1) is 12.6. The quantitative estimate of drug-likeness (QED) is 0.816. The van der Waals surface area contributed by atoms with Crippen molar-refractivity contribution < 1.29 is 4.39 Å². The van der Waals surface area contributed by atoms with Crippen LogP contribution in [0.3, 0.4) is 0 Å². The molecular formula is C15H22FN. The Morgan fingerprint density at radius 3 is 2.18 bits per heavy atom. The first-order valence-electron chi connectivity index (χ1n) is 6.59. The van der Waals surface area contributed by atoms with Crippen LogP contribution in [0.5, 0.6) is 0 Å². The highest BCUT2D eigenvalue weighted by molar-refractivity contribution is 5.20. The lowest BCUT2D eigenvalue weighted by Gasteiger charge is -2.27. The van der Waals surface area contributed by atoms with Crippen LogP contribution in [-0.2, 0) is 0 Å². The highest BCUT2D eigenvalue weighted by atomic mass is 19.1. The molecule has 0 radical (unpaired) electrons. The van der Waals surface area contributed by atoms with Crippen molar-refractivity contribution >= 4 is 0 Å². The highest BCUT2D eigenvalue weighted by Crippen LogP contribution is 2.34. The van der Waals surface area contributed by atoms with Crippen molar-refractivity contribution in [1.82, 2.24) is 5.32 Å². The van der Waals surface area contributed by atoms with E-state index in [1.54, 1.807) is 12.1 Å². The van der Waals surface area contributed by atoms with E-state index in [4.69, 9.17) is 0 Å². The normalized spacial score (nSPS) is 19.4. The van der Waals surface area contributed by atoms with E-state index in [-0.39, 0.29) is 5.82 Å². The Morgan fingerprint density at radius 2 is 1.71 bits per heavy atom. The molecule has 94 valence electrons. The predicted molar refractivity (Wildman–Crippen MR) is 69.3 cm³/mol. The number of rotatable bonds is 5. The van der Waals surface area contributed by atoms with E-state index in [1.165, 1.54) is 18.4 Å². The fraction of sp³-hybridized carbons (Fsp3) is 0.600. The van der Waals surface area contributed by atoms with Gasteiger partial charge in [-0.3, -0.25) is 0 Å². The largest absolute Gasteiger partial charge is 0.307 e. The first-order chi connectivity index (χ1) is 8.08. The Labute approximate surface area is 103 Å². The van der Waals surface area contributed by atoms with Gasteiger partial charge in [-0.05, 0) is 49.3 Å². The van der Waals surface area contributed by atoms with Crippen LogP contribution < -0.4 is 5.32 Å². The summed E-state index contributed by atoms with van der Waals surface area (Å²) in [5, 5.41) is 3.69. The molecule has 0 spiro atoms. The molecular weight excluding hydrogens is 213 g/mol. The summed E-state index contributed by atoms with van der Waals surface area (Å²) in [4.78, 5) is 0. The van der Waals surface area contributed by atoms with Crippen molar-refractivity contribution in [3.63, 3.8) is 0 Å². The van der Waals surface area contributed by atoms with Crippen LogP contribution in [0.2, 0.25) is 0 Å². The maximum atomic E-state index is 12.9. The predicted octanol–water partition coefficient (Wildman–Crippen LogP) is 3.91. The number of hydrogen-bond donors (Lipinski definition) is 1. The summed E-state index contributed by atoms with van der Waals surface area (Å²) < 4.78 is 12.9. The molecule has 2 unspecified atom stereocenters. The minimum Gasteiger partial charge on any atom is -0.307 e. The van der Waals surface area contributed by atoms with E-state index in [2.05, 4.69) is 26.1 Å². The van der Waals surface area contributed by atoms with Crippen LogP contribution in [-0.4, -0.2) is 6.04 Å². The Balaban J connectivity index is 2.07. The topological polar surface area (TPSA) is 12.0 Å². The van der Waals surface area contributed by atoms with Gasteiger partial charge in [0.15, 0.2) is 0 Å². The fourth-order valence-electron chi connectivity index (χ4n) is 2.36. The lowest BCUT2D eigenvalue weighted by molar-refractivity contribution is 0.351. The molecule has 1 aliphatic carbocycles. The Morgan fingerprint density at radius 1 is 1.12 bits per heavy atom. The third kappa shape index (κ3) is 3.29. The highest BCUT2D eigenvalue weighted by Gasteiger charge is 2.30. The molecule has 17 heavy (non-hydrogen) atoms. The third-order valence-electron chi connectivity index (χ3n) is 3.67. The molecule has 1 fully saturated rings. The van der Waals surface area contributed by atoms with Gasteiger partial charge in [0.2, 0.25) is 0 Å². The molecule has 1 aliphatic rings. The van der Waals surface area contributed by atoms with E-state index in [1.807, 2.05) is 12.1 Å². The van der Waals surface area contributed by atoms with Gasteiger partial charge in [-0.1, -0.05) is 26.0 Å². The summed E-state index contributed by atoms with van der Waals surface area (Å²) in [6.07, 6.45) is 2.70. The smallest absolute Gasteiger partial charge is 0.123 e. The van der Waals surface area contributed by atoms with E-state index >= 15 is 0 Å². The summed E-state index contributed by atoms with van der Waals surface area (Å²) in [5.41, 5.74) is 1.19. The molecule has 1 N–H and O–H groups in total. The van der Waals surface area contributed by atoms with Crippen molar-refractivity contribution in [1.29, 1.82) is 0 Å². The van der Waals surface area contributed by atoms with Crippen molar-refractivity contribution in [2.24, 2.45) is 11.8 Å². The molecule has 1 saturated carbocycles. The average Bonchev–Trinajstić information content (AvgIpc) is 3.10. The lowest BCUT2D eigenvalue weighted by atomic mass is 9.95. The van der Waals surface area contributed by atoms with Crippen molar-refractivity contribution in [2.75, 3.05) is 0 Å². The van der Waals surface area contributed by atoms with Crippen LogP contribution in [0.1, 0.15) is 45.2 Å². The lowest BCUT2D eigenvalue weighted by Crippen LogP contribution is -2.34. The van der Waals surface area contributed by atoms with E-state index in [9.17, 15) is 4.39 Å². The van der Waals surface area contributed by atoms with Crippen molar-refractivity contribution in [2.45, 2.75) is 45.7 Å². The van der Waals surface area contributed by atoms with Crippen LogP contribution in [0.15, 0.2) is 24.3 Å². The Hall–Kier alpha value is -0.890. The van der Waals surface area contributed by atoms with Gasteiger partial charge in [-0.15, -0.1) is 0 Å². The van der Waals surface area contributed by atoms with E-state index < -0.39 is 0 Å². The molecule has 2 rings (SSSR count). The van der Waals surface area contributed by atoms with Gasteiger partial charge in [0.05, 0.1) is 0 Å². The van der Waals surface area contributed by atoms with Crippen molar-refractivity contribution in [3.8, 4) is 0 Å². The Kier molecular flexibility index (Phi) is 3.82. The Bertz CT molecular complexity index is 354. The van der Waals surface area contributed by atoms with Gasteiger partial charge in [0.25, 0.3) is 0 Å². The summed E-state index contributed by atoms with van der Waals surface area (Å²) in [6.45, 7) is 6.68. The fourth-order valence-corrected chi connectivity index (χ4v) is 2.36. The second kappa shape index (κ2) is 5.18. The van der Waals surface area contributed by atoms with Gasteiger partial charge < -0.3 is 5.32 Å². The standard InChI is InChI=1S/C15H22FN/c1-10(2)15(17-11(3)12-4-5-12)13-6-8-14(16)9-7-13/h6-12,15,17H,4-5H2,1-3H3. The minimum atomic E-state index is -0.161. The molecule has 1 aromatic carbocycles. The molecule has 0 heterocycles. The zero-order valence-electron chi connectivity index (χ0n) is 10.9. The average molecular weight is 235 g/mol. The van der Waals surface area contributed by atoms with Crippen LogP contribution >= 0.6 is 0 Å². The van der Waals surface area contributed by atoms with Gasteiger partial charge >= 0.3 is 0 Å². The molecule has 2 heteroatoms. The van der Waals surface area contributed by atoms with Crippen LogP contribution in [0, 0.1) is 17.7 Å². The molecule has 1 nitrogen and oxygen atoms in total. The molecule has 0 amide bonds. The summed E-state index contributed by atoms with van der Waals surface area (Å²) in [7, 11) is 0. The van der Waals surface area contributed by atoms with Gasteiger partial charge in [-0.25, -0.2) is 4.39 Å². The maximum Gasteiger partial charge on any atom is 0.123 e. The van der Waals surface area contributed by atoms with Crippen molar-refractivity contribution in [3.05, 3.63) is 35.6 Å². The van der Waals surface area contributed by atoms with Gasteiger partial charge in [0, 0.05) is 12.1 Å². The molecule has 2 atom stereocenters. The molecule has 0 saturated heterocycles. The number of halogens is 1. The number of benzene rings is 1. The zero-order valence-corrected chi connectivity index (χ0v) is 10.9. The second-order valence-corrected chi connectivity index (χ2v) is 5.57. The van der Waals surface area contributed by atoms with Gasteiger partial charge in [-0.2, -0.15) is 0 Å².